The number of sulfonamides is 1. The van der Waals surface area contributed by atoms with E-state index in [-0.39, 0.29) is 35.2 Å². The number of rotatable bonds is 11. The molecule has 0 saturated carbocycles. The van der Waals surface area contributed by atoms with E-state index in [1.165, 1.54) is 17.0 Å². The smallest absolute Gasteiger partial charge is 0.269 e. The molecular weight excluding hydrogens is 454 g/mol. The van der Waals surface area contributed by atoms with Crippen molar-refractivity contribution in [3.63, 3.8) is 0 Å². The van der Waals surface area contributed by atoms with E-state index in [0.29, 0.717) is 19.5 Å². The average Bonchev–Trinajstić information content (AvgIpc) is 3.03. The van der Waals surface area contributed by atoms with Gasteiger partial charge in [0.2, 0.25) is 11.8 Å². The summed E-state index contributed by atoms with van der Waals surface area (Å²) in [5.41, 5.74) is 1.13. The number of hydrogen-bond acceptors (Lipinski definition) is 5. The summed E-state index contributed by atoms with van der Waals surface area (Å²) in [5, 5.41) is 2.85. The van der Waals surface area contributed by atoms with Crippen LogP contribution in [-0.2, 0) is 26.0 Å². The Balaban J connectivity index is 1.71. The first-order chi connectivity index (χ1) is 16.3. The van der Waals surface area contributed by atoms with E-state index in [1.54, 1.807) is 19.1 Å². The summed E-state index contributed by atoms with van der Waals surface area (Å²) in [4.78, 5) is 39.9. The predicted octanol–water partition coefficient (Wildman–Crippen LogP) is 2.60. The van der Waals surface area contributed by atoms with Crippen molar-refractivity contribution >= 4 is 27.7 Å². The van der Waals surface area contributed by atoms with E-state index in [4.69, 9.17) is 0 Å². The van der Waals surface area contributed by atoms with Crippen LogP contribution in [0.15, 0.2) is 59.5 Å². The minimum Gasteiger partial charge on any atom is -0.354 e. The summed E-state index contributed by atoms with van der Waals surface area (Å²) in [6.07, 6.45) is 2.11. The van der Waals surface area contributed by atoms with Gasteiger partial charge < -0.3 is 10.2 Å². The number of fused-ring (bicyclic) bond motifs is 1. The lowest BCUT2D eigenvalue weighted by Gasteiger charge is -2.29. The Bertz CT molecular complexity index is 1130. The Morgan fingerprint density at radius 1 is 1.06 bits per heavy atom. The second-order valence-corrected chi connectivity index (χ2v) is 10.1. The summed E-state index contributed by atoms with van der Waals surface area (Å²) < 4.78 is 26.3. The monoisotopic (exact) mass is 485 g/mol. The topological polar surface area (TPSA) is 104 Å². The molecule has 34 heavy (non-hydrogen) atoms. The molecule has 0 fully saturated rings. The zero-order valence-electron chi connectivity index (χ0n) is 19.6. The number of hydrogen-bond donors (Lipinski definition) is 1. The Kier molecular flexibility index (Phi) is 8.44. The van der Waals surface area contributed by atoms with E-state index in [9.17, 15) is 22.8 Å². The fourth-order valence-corrected chi connectivity index (χ4v) is 5.47. The van der Waals surface area contributed by atoms with Crippen LogP contribution in [-0.4, -0.2) is 61.0 Å². The first-order valence-electron chi connectivity index (χ1n) is 11.5. The second-order valence-electron chi connectivity index (χ2n) is 8.27. The Hall–Kier alpha value is -3.20. The molecule has 1 unspecified atom stereocenters. The van der Waals surface area contributed by atoms with Gasteiger partial charge in [-0.3, -0.25) is 14.4 Å². The van der Waals surface area contributed by atoms with Gasteiger partial charge in [-0.1, -0.05) is 55.8 Å². The Labute approximate surface area is 201 Å². The molecule has 8 nitrogen and oxygen atoms in total. The number of unbranched alkanes of at least 4 members (excludes halogenated alkanes) is 1. The summed E-state index contributed by atoms with van der Waals surface area (Å²) >= 11 is 0. The van der Waals surface area contributed by atoms with Crippen LogP contribution in [0.1, 0.15) is 49.0 Å². The van der Waals surface area contributed by atoms with Gasteiger partial charge in [0.15, 0.2) is 0 Å². The van der Waals surface area contributed by atoms with Gasteiger partial charge in [-0.25, -0.2) is 12.7 Å². The summed E-state index contributed by atoms with van der Waals surface area (Å²) in [5.74, 6) is -1.27. The van der Waals surface area contributed by atoms with Gasteiger partial charge in [0.25, 0.3) is 15.9 Å². The van der Waals surface area contributed by atoms with E-state index in [1.807, 2.05) is 37.3 Å². The van der Waals surface area contributed by atoms with Gasteiger partial charge in [0, 0.05) is 26.1 Å². The lowest BCUT2D eigenvalue weighted by molar-refractivity contribution is -0.139. The highest BCUT2D eigenvalue weighted by Gasteiger charge is 2.41. The zero-order valence-corrected chi connectivity index (χ0v) is 20.4. The predicted molar refractivity (Wildman–Crippen MR) is 129 cm³/mol. The van der Waals surface area contributed by atoms with Crippen molar-refractivity contribution in [2.24, 2.45) is 0 Å². The van der Waals surface area contributed by atoms with Gasteiger partial charge >= 0.3 is 0 Å². The van der Waals surface area contributed by atoms with Crippen LogP contribution in [0, 0.1) is 0 Å². The summed E-state index contributed by atoms with van der Waals surface area (Å²) in [7, 11) is -3.99. The fourth-order valence-electron chi connectivity index (χ4n) is 3.90. The molecule has 0 bridgehead atoms. The molecule has 3 rings (SSSR count). The number of carbonyl (C=O) groups excluding carboxylic acids is 3. The third-order valence-electron chi connectivity index (χ3n) is 5.92. The van der Waals surface area contributed by atoms with E-state index >= 15 is 0 Å². The van der Waals surface area contributed by atoms with Crippen molar-refractivity contribution in [1.82, 2.24) is 14.5 Å². The van der Waals surface area contributed by atoms with Crippen LogP contribution in [0.5, 0.6) is 0 Å². The van der Waals surface area contributed by atoms with Crippen LogP contribution < -0.4 is 5.32 Å². The minimum atomic E-state index is -3.99. The molecule has 0 saturated heterocycles. The quantitative estimate of drug-likeness (QED) is 0.493. The van der Waals surface area contributed by atoms with Crippen molar-refractivity contribution in [3.8, 4) is 0 Å². The van der Waals surface area contributed by atoms with E-state index in [2.05, 4.69) is 5.32 Å². The Morgan fingerprint density at radius 2 is 1.74 bits per heavy atom. The summed E-state index contributed by atoms with van der Waals surface area (Å²) in [6.45, 7) is 4.24. The first-order valence-corrected chi connectivity index (χ1v) is 13.0. The average molecular weight is 486 g/mol. The maximum Gasteiger partial charge on any atom is 0.269 e. The van der Waals surface area contributed by atoms with Gasteiger partial charge in [-0.05, 0) is 37.5 Å². The molecule has 1 aliphatic rings. The normalized spacial score (nSPS) is 15.0. The lowest BCUT2D eigenvalue weighted by atomic mass is 10.1. The van der Waals surface area contributed by atoms with Crippen molar-refractivity contribution in [2.75, 3.05) is 19.6 Å². The Morgan fingerprint density at radius 3 is 2.41 bits per heavy atom. The van der Waals surface area contributed by atoms with Crippen molar-refractivity contribution in [3.05, 3.63) is 65.7 Å². The lowest BCUT2D eigenvalue weighted by Crippen LogP contribution is -2.49. The first kappa shape index (κ1) is 25.4. The van der Waals surface area contributed by atoms with E-state index < -0.39 is 22.0 Å². The van der Waals surface area contributed by atoms with Crippen LogP contribution >= 0.6 is 0 Å². The van der Waals surface area contributed by atoms with Crippen molar-refractivity contribution in [1.29, 1.82) is 0 Å². The number of amides is 3. The van der Waals surface area contributed by atoms with Gasteiger partial charge in [0.1, 0.15) is 10.9 Å². The molecule has 182 valence electrons. The number of nitrogens with zero attached hydrogens (tertiary/aromatic N) is 2. The standard InChI is InChI=1S/C25H31N3O5S/c1-3-4-16-26-24(30)19(2)27(17-14-20-10-6-5-7-11-20)23(29)15-18-28-25(31)21-12-8-9-13-22(21)34(28,32)33/h5-13,19H,3-4,14-18H2,1-2H3,(H,26,30). The molecule has 2 aromatic carbocycles. The zero-order chi connectivity index (χ0) is 24.7. The SMILES string of the molecule is CCCCNC(=O)C(C)N(CCc1ccccc1)C(=O)CCN1C(=O)c2ccccc2S1(=O)=O. The van der Waals surface area contributed by atoms with Crippen LogP contribution in [0.2, 0.25) is 0 Å². The molecular formula is C25H31N3O5S. The maximum absolute atomic E-state index is 13.2. The minimum absolute atomic E-state index is 0.0444. The third kappa shape index (κ3) is 5.64. The molecule has 3 amide bonds. The third-order valence-corrected chi connectivity index (χ3v) is 7.76. The summed E-state index contributed by atoms with van der Waals surface area (Å²) in [6, 6.07) is 14.9. The van der Waals surface area contributed by atoms with Gasteiger partial charge in [-0.15, -0.1) is 0 Å². The fraction of sp³-hybridized carbons (Fsp3) is 0.400. The highest BCUT2D eigenvalue weighted by molar-refractivity contribution is 7.90. The molecule has 1 aliphatic heterocycles. The van der Waals surface area contributed by atoms with Crippen LogP contribution in [0.4, 0.5) is 0 Å². The largest absolute Gasteiger partial charge is 0.354 e. The molecule has 1 atom stereocenters. The molecule has 0 aromatic heterocycles. The van der Waals surface area contributed by atoms with Gasteiger partial charge in [0.05, 0.1) is 5.56 Å². The molecule has 1 N–H and O–H groups in total. The van der Waals surface area contributed by atoms with Crippen molar-refractivity contribution in [2.45, 2.75) is 50.5 Å². The molecule has 0 aliphatic carbocycles. The molecule has 2 aromatic rings. The molecule has 9 heteroatoms. The van der Waals surface area contributed by atoms with Crippen LogP contribution in [0.3, 0.4) is 0 Å². The maximum atomic E-state index is 13.2. The second kappa shape index (κ2) is 11.3. The van der Waals surface area contributed by atoms with Gasteiger partial charge in [-0.2, -0.15) is 0 Å². The van der Waals surface area contributed by atoms with Crippen molar-refractivity contribution < 1.29 is 22.8 Å². The molecule has 0 spiro atoms. The number of carbonyl (C=O) groups is 3. The highest BCUT2D eigenvalue weighted by Crippen LogP contribution is 2.30. The highest BCUT2D eigenvalue weighted by atomic mass is 32.2. The number of nitrogens with one attached hydrogen (secondary N) is 1. The molecule has 1 heterocycles. The number of benzene rings is 2. The van der Waals surface area contributed by atoms with Crippen LogP contribution in [0.25, 0.3) is 0 Å². The van der Waals surface area contributed by atoms with E-state index in [0.717, 1.165) is 22.7 Å². The molecule has 0 radical (unpaired) electrons.